The molecule has 3 amide bonds. The number of benzene rings is 2. The van der Waals surface area contributed by atoms with Crippen LogP contribution < -0.4 is 15.4 Å². The molecule has 3 N–H and O–H groups in total. The molecule has 1 saturated heterocycles. The number of carbonyl (C=O) groups excluding carboxylic acids is 4. The van der Waals surface area contributed by atoms with Crippen LogP contribution >= 0.6 is 11.3 Å². The summed E-state index contributed by atoms with van der Waals surface area (Å²) in [6, 6.07) is 12.1. The van der Waals surface area contributed by atoms with Gasteiger partial charge in [0, 0.05) is 17.4 Å². The van der Waals surface area contributed by atoms with Gasteiger partial charge in [0.15, 0.2) is 5.01 Å². The molecule has 10 nitrogen and oxygen atoms in total. The van der Waals surface area contributed by atoms with Crippen LogP contribution in [0.25, 0.3) is 21.1 Å². The van der Waals surface area contributed by atoms with E-state index in [-0.39, 0.29) is 17.6 Å². The van der Waals surface area contributed by atoms with E-state index in [1.54, 1.807) is 25.0 Å². The molecule has 4 aromatic rings. The first-order chi connectivity index (χ1) is 21.1. The highest BCUT2D eigenvalue weighted by molar-refractivity contribution is 7.20. The van der Waals surface area contributed by atoms with Crippen molar-refractivity contribution in [2.45, 2.75) is 66.6 Å². The van der Waals surface area contributed by atoms with E-state index >= 15 is 0 Å². The molecule has 238 valence electrons. The lowest BCUT2D eigenvalue weighted by Gasteiger charge is -2.38. The maximum absolute atomic E-state index is 14.3. The standard InChI is InChI=1S/C34H41N5O5S/c1-18-17-39(28(34(18,6)7)30(42)35-19(2)26(40)31-37-22-12-9-10-15-25(22)45-31)32(43)27(33(3,4)5)38-29(41)23-16-20-21(36-23)13-11-14-24(20)44-8/h9-16,18-19,27-28,36H,17H2,1-8H3,(H,35,42)(H,38,41)/t18-,19?,27-,28-/m1/s1. The van der Waals surface area contributed by atoms with Crippen LogP contribution in [0.2, 0.25) is 0 Å². The summed E-state index contributed by atoms with van der Waals surface area (Å²) >= 11 is 1.29. The third kappa shape index (κ3) is 6.05. The van der Waals surface area contributed by atoms with E-state index in [0.29, 0.717) is 23.0 Å². The molecule has 5 rings (SSSR count). The second kappa shape index (κ2) is 11.9. The Morgan fingerprint density at radius 2 is 1.80 bits per heavy atom. The second-order valence-corrected chi connectivity index (χ2v) is 14.6. The molecule has 1 unspecified atom stereocenters. The minimum Gasteiger partial charge on any atom is -0.496 e. The monoisotopic (exact) mass is 631 g/mol. The van der Waals surface area contributed by atoms with Crippen LogP contribution in [0.5, 0.6) is 5.75 Å². The number of ether oxygens (including phenoxy) is 1. The summed E-state index contributed by atoms with van der Waals surface area (Å²) in [7, 11) is 1.57. The number of para-hydroxylation sites is 1. The number of hydrogen-bond donors (Lipinski definition) is 3. The van der Waals surface area contributed by atoms with E-state index in [2.05, 4.69) is 20.6 Å². The zero-order valence-electron chi connectivity index (χ0n) is 27.0. The van der Waals surface area contributed by atoms with Gasteiger partial charge in [-0.1, -0.05) is 59.7 Å². The maximum atomic E-state index is 14.3. The Morgan fingerprint density at radius 1 is 1.09 bits per heavy atom. The molecule has 1 aliphatic heterocycles. The Bertz CT molecular complexity index is 1750. The first-order valence-electron chi connectivity index (χ1n) is 15.1. The highest BCUT2D eigenvalue weighted by Gasteiger charge is 2.53. The molecule has 0 spiro atoms. The molecule has 0 aliphatic carbocycles. The van der Waals surface area contributed by atoms with Crippen LogP contribution in [0.15, 0.2) is 48.5 Å². The largest absolute Gasteiger partial charge is 0.496 e. The van der Waals surface area contributed by atoms with E-state index in [4.69, 9.17) is 4.74 Å². The van der Waals surface area contributed by atoms with Crippen LogP contribution in [0, 0.1) is 16.7 Å². The number of aromatic amines is 1. The highest BCUT2D eigenvalue weighted by atomic mass is 32.1. The van der Waals surface area contributed by atoms with Gasteiger partial charge in [0.1, 0.15) is 23.5 Å². The lowest BCUT2D eigenvalue weighted by molar-refractivity contribution is -0.144. The Morgan fingerprint density at radius 3 is 2.47 bits per heavy atom. The molecule has 2 aromatic heterocycles. The number of carbonyl (C=O) groups is 4. The SMILES string of the molecule is COc1cccc2[nH]c(C(=O)N[C@H](C(=O)N3C[C@@H](C)C(C)(C)[C@H]3C(=O)NC(C)C(=O)c3nc4ccccc4s3)C(C)(C)C)cc12. The second-order valence-electron chi connectivity index (χ2n) is 13.6. The number of nitrogens with zero attached hydrogens (tertiary/aromatic N) is 2. The quantitative estimate of drug-likeness (QED) is 0.229. The van der Waals surface area contributed by atoms with Crippen molar-refractivity contribution in [1.29, 1.82) is 0 Å². The van der Waals surface area contributed by atoms with Gasteiger partial charge in [-0.05, 0) is 54.0 Å². The van der Waals surface area contributed by atoms with Crippen LogP contribution in [0.1, 0.15) is 68.8 Å². The predicted octanol–water partition coefficient (Wildman–Crippen LogP) is 5.19. The van der Waals surface area contributed by atoms with Crippen molar-refractivity contribution >= 4 is 56.0 Å². The van der Waals surface area contributed by atoms with Gasteiger partial charge in [-0.2, -0.15) is 0 Å². The number of nitrogens with one attached hydrogen (secondary N) is 3. The number of fused-ring (bicyclic) bond motifs is 2. The average molecular weight is 632 g/mol. The number of ketones is 1. The number of hydrogen-bond acceptors (Lipinski definition) is 7. The Balaban J connectivity index is 1.38. The molecule has 11 heteroatoms. The minimum atomic E-state index is -0.934. The molecule has 3 heterocycles. The molecule has 2 aromatic carbocycles. The first kappa shape index (κ1) is 32.2. The van der Waals surface area contributed by atoms with Crippen LogP contribution in [0.3, 0.4) is 0 Å². The smallest absolute Gasteiger partial charge is 0.268 e. The summed E-state index contributed by atoms with van der Waals surface area (Å²) in [6.45, 7) is 13.5. The minimum absolute atomic E-state index is 0.0232. The fourth-order valence-electron chi connectivity index (χ4n) is 5.98. The van der Waals surface area contributed by atoms with Crippen molar-refractivity contribution in [2.75, 3.05) is 13.7 Å². The number of H-pyrrole nitrogens is 1. The number of amides is 3. The normalized spacial score (nSPS) is 19.3. The summed E-state index contributed by atoms with van der Waals surface area (Å²) in [5.41, 5.74) is 0.485. The van der Waals surface area contributed by atoms with Crippen molar-refractivity contribution < 1.29 is 23.9 Å². The predicted molar refractivity (Wildman–Crippen MR) is 176 cm³/mol. The van der Waals surface area contributed by atoms with Gasteiger partial charge >= 0.3 is 0 Å². The summed E-state index contributed by atoms with van der Waals surface area (Å²) in [6.07, 6.45) is 0. The highest BCUT2D eigenvalue weighted by Crippen LogP contribution is 2.42. The number of rotatable bonds is 8. The number of Topliss-reactive ketones (excluding diaryl/α,β-unsaturated/α-hetero) is 1. The molecule has 0 saturated carbocycles. The van der Waals surface area contributed by atoms with E-state index in [0.717, 1.165) is 21.1 Å². The average Bonchev–Trinajstić information content (AvgIpc) is 3.68. The summed E-state index contributed by atoms with van der Waals surface area (Å²) in [5.74, 6) is -0.895. The van der Waals surface area contributed by atoms with Gasteiger partial charge < -0.3 is 25.3 Å². The number of aromatic nitrogens is 2. The van der Waals surface area contributed by atoms with Gasteiger partial charge in [0.2, 0.25) is 17.6 Å². The first-order valence-corrected chi connectivity index (χ1v) is 15.9. The summed E-state index contributed by atoms with van der Waals surface area (Å²) in [4.78, 5) is 64.3. The molecular weight excluding hydrogens is 590 g/mol. The van der Waals surface area contributed by atoms with Gasteiger partial charge in [0.05, 0.1) is 23.4 Å². The molecule has 1 aliphatic rings. The van der Waals surface area contributed by atoms with Crippen LogP contribution in [-0.4, -0.2) is 70.2 Å². The van der Waals surface area contributed by atoms with Crippen molar-refractivity contribution in [3.63, 3.8) is 0 Å². The van der Waals surface area contributed by atoms with Gasteiger partial charge in [-0.15, -0.1) is 11.3 Å². The third-order valence-electron chi connectivity index (χ3n) is 9.02. The molecular formula is C34H41N5O5S. The maximum Gasteiger partial charge on any atom is 0.268 e. The zero-order chi connectivity index (χ0) is 32.8. The van der Waals surface area contributed by atoms with Crippen molar-refractivity contribution in [2.24, 2.45) is 16.7 Å². The van der Waals surface area contributed by atoms with E-state index in [9.17, 15) is 19.2 Å². The lowest BCUT2D eigenvalue weighted by atomic mass is 9.77. The number of methoxy groups -OCH3 is 1. The molecule has 0 bridgehead atoms. The number of likely N-dealkylation sites (tertiary alicyclic amines) is 1. The molecule has 4 atom stereocenters. The van der Waals surface area contributed by atoms with Gasteiger partial charge in [0.25, 0.3) is 5.91 Å². The number of thiazole rings is 1. The van der Waals surface area contributed by atoms with Gasteiger partial charge in [-0.3, -0.25) is 19.2 Å². The van der Waals surface area contributed by atoms with E-state index in [1.807, 2.05) is 84.0 Å². The topological polar surface area (TPSA) is 133 Å². The van der Waals surface area contributed by atoms with Crippen LogP contribution in [-0.2, 0) is 9.59 Å². The van der Waals surface area contributed by atoms with Crippen molar-refractivity contribution in [1.82, 2.24) is 25.5 Å². The van der Waals surface area contributed by atoms with Crippen LogP contribution in [0.4, 0.5) is 0 Å². The van der Waals surface area contributed by atoms with Crippen molar-refractivity contribution in [3.8, 4) is 5.75 Å². The van der Waals surface area contributed by atoms with E-state index < -0.39 is 40.8 Å². The zero-order valence-corrected chi connectivity index (χ0v) is 27.8. The fraction of sp³-hybridized carbons (Fsp3) is 0.441. The summed E-state index contributed by atoms with van der Waals surface area (Å²) in [5, 5.41) is 6.90. The Hall–Kier alpha value is -4.25. The molecule has 0 radical (unpaired) electrons. The van der Waals surface area contributed by atoms with E-state index in [1.165, 1.54) is 11.3 Å². The molecule has 45 heavy (non-hydrogen) atoms. The summed E-state index contributed by atoms with van der Waals surface area (Å²) < 4.78 is 6.32. The Kier molecular flexibility index (Phi) is 8.52. The third-order valence-corrected chi connectivity index (χ3v) is 10.1. The fourth-order valence-corrected chi connectivity index (χ4v) is 6.97. The van der Waals surface area contributed by atoms with Crippen molar-refractivity contribution in [3.05, 3.63) is 59.2 Å². The lowest BCUT2D eigenvalue weighted by Crippen LogP contribution is -2.60. The Labute approximate surface area is 266 Å². The molecule has 1 fully saturated rings. The van der Waals surface area contributed by atoms with Gasteiger partial charge in [-0.25, -0.2) is 4.98 Å².